The molecule has 12 nitrogen and oxygen atoms in total. The number of piperazine rings is 2. The van der Waals surface area contributed by atoms with Crippen LogP contribution in [-0.4, -0.2) is 118 Å². The van der Waals surface area contributed by atoms with Crippen molar-refractivity contribution in [2.45, 2.75) is 102 Å². The molecule has 2 aliphatic heterocycles. The molecule has 402 valence electrons. The van der Waals surface area contributed by atoms with Crippen LogP contribution in [0.2, 0.25) is 10.0 Å². The minimum atomic E-state index is -4.71. The number of hydrogen-bond acceptors (Lipinski definition) is 10. The molecule has 0 bridgehead atoms. The van der Waals surface area contributed by atoms with Gasteiger partial charge < -0.3 is 49.2 Å². The fraction of sp³-hybridized carbons (Fsp3) is 0.448. The van der Waals surface area contributed by atoms with Crippen molar-refractivity contribution in [3.63, 3.8) is 0 Å². The average molecular weight is 1070 g/mol. The summed E-state index contributed by atoms with van der Waals surface area (Å²) >= 11 is 12.1. The van der Waals surface area contributed by atoms with Crippen LogP contribution in [0.5, 0.6) is 11.5 Å². The Balaban J connectivity index is 0.000000208. The summed E-state index contributed by atoms with van der Waals surface area (Å²) in [7, 11) is 0. The van der Waals surface area contributed by atoms with Crippen molar-refractivity contribution in [1.29, 1.82) is 0 Å². The van der Waals surface area contributed by atoms with Crippen molar-refractivity contribution in [1.82, 2.24) is 9.80 Å². The van der Waals surface area contributed by atoms with Crippen LogP contribution in [-0.2, 0) is 25.7 Å². The number of aryl methyl sites for hydroxylation is 2. The summed E-state index contributed by atoms with van der Waals surface area (Å²) in [6.07, 6.45) is 2.86. The number of hydrogen-bond donors (Lipinski definition) is 2. The van der Waals surface area contributed by atoms with Crippen LogP contribution in [0, 0.1) is 13.8 Å². The summed E-state index contributed by atoms with van der Waals surface area (Å²) in [5, 5.41) is 8.54. The molecule has 2 saturated carbocycles. The Kier molecular flexibility index (Phi) is 19.7. The summed E-state index contributed by atoms with van der Waals surface area (Å²) in [6.45, 7) is 10.3. The molecule has 4 fully saturated rings. The van der Waals surface area contributed by atoms with Gasteiger partial charge in [-0.15, -0.1) is 13.2 Å². The number of amides is 2. The smallest absolute Gasteiger partial charge is 0.489 e. The molecule has 75 heavy (non-hydrogen) atoms. The van der Waals surface area contributed by atoms with Crippen LogP contribution in [0.1, 0.15) is 68.1 Å². The van der Waals surface area contributed by atoms with Gasteiger partial charge in [-0.3, -0.25) is 9.59 Å². The Morgan fingerprint density at radius 1 is 0.573 bits per heavy atom. The number of ether oxygens (including phenoxy) is 4. The lowest BCUT2D eigenvalue weighted by Crippen LogP contribution is -2.50. The van der Waals surface area contributed by atoms with Gasteiger partial charge in [0.25, 0.3) is 0 Å². The first-order chi connectivity index (χ1) is 36.2. The lowest BCUT2D eigenvalue weighted by molar-refractivity contribution is -0.274. The average Bonchev–Trinajstić information content (AvgIpc) is 3.42. The Morgan fingerprint density at radius 2 is 1.04 bits per heavy atom. The quantitative estimate of drug-likeness (QED) is 0.0992. The third-order valence-electron chi connectivity index (χ3n) is 14.4. The molecule has 0 atom stereocenters. The molecule has 2 amide bonds. The Morgan fingerprint density at radius 3 is 1.51 bits per heavy atom. The van der Waals surface area contributed by atoms with Gasteiger partial charge >= 0.3 is 6.36 Å². The molecule has 0 radical (unpaired) electrons. The van der Waals surface area contributed by atoms with Crippen LogP contribution < -0.4 is 29.9 Å². The number of benzene rings is 5. The highest BCUT2D eigenvalue weighted by Gasteiger charge is 2.32. The van der Waals surface area contributed by atoms with E-state index < -0.39 is 6.36 Å². The third-order valence-corrected chi connectivity index (χ3v) is 15.1. The molecule has 0 aromatic heterocycles. The van der Waals surface area contributed by atoms with E-state index in [1.54, 1.807) is 19.1 Å². The second-order valence-electron chi connectivity index (χ2n) is 19.8. The molecule has 5 aromatic carbocycles. The van der Waals surface area contributed by atoms with Crippen molar-refractivity contribution in [3.8, 4) is 11.5 Å². The maximum absolute atomic E-state index is 12.8. The van der Waals surface area contributed by atoms with Gasteiger partial charge in [0, 0.05) is 97.2 Å². The van der Waals surface area contributed by atoms with Gasteiger partial charge in [-0.05, 0) is 167 Å². The molecule has 2 heterocycles. The van der Waals surface area contributed by atoms with E-state index in [0.717, 1.165) is 140 Å². The van der Waals surface area contributed by atoms with Gasteiger partial charge in [0.2, 0.25) is 11.8 Å². The molecule has 9 rings (SSSR count). The van der Waals surface area contributed by atoms with Gasteiger partial charge in [0.1, 0.15) is 31.3 Å². The molecule has 5 aromatic rings. The Labute approximate surface area is 449 Å². The van der Waals surface area contributed by atoms with Gasteiger partial charge in [-0.2, -0.15) is 0 Å². The van der Waals surface area contributed by atoms with E-state index in [9.17, 15) is 22.8 Å². The summed E-state index contributed by atoms with van der Waals surface area (Å²) in [6, 6.07) is 37.3. The third kappa shape index (κ3) is 17.1. The van der Waals surface area contributed by atoms with Crippen molar-refractivity contribution in [3.05, 3.63) is 142 Å². The number of carbonyl (C=O) groups is 2. The zero-order valence-corrected chi connectivity index (χ0v) is 44.4. The van der Waals surface area contributed by atoms with E-state index >= 15 is 0 Å². The predicted molar refractivity (Wildman–Crippen MR) is 292 cm³/mol. The normalized spacial score (nSPS) is 20.1. The van der Waals surface area contributed by atoms with Crippen LogP contribution >= 0.6 is 23.2 Å². The van der Waals surface area contributed by atoms with Crippen LogP contribution in [0.15, 0.2) is 115 Å². The van der Waals surface area contributed by atoms with Crippen molar-refractivity contribution in [2.75, 3.05) is 86.0 Å². The zero-order valence-electron chi connectivity index (χ0n) is 42.8. The molecular formula is C58H69Cl2F3N6O6. The lowest BCUT2D eigenvalue weighted by atomic mass is 9.92. The first-order valence-electron chi connectivity index (χ1n) is 26.2. The topological polar surface area (TPSA) is 108 Å². The highest BCUT2D eigenvalue weighted by atomic mass is 35.5. The zero-order chi connectivity index (χ0) is 52.7. The molecule has 4 aliphatic rings. The maximum Gasteiger partial charge on any atom is 0.573 e. The van der Waals surface area contributed by atoms with Crippen LogP contribution in [0.3, 0.4) is 0 Å². The molecule has 2 N–H and O–H groups in total. The van der Waals surface area contributed by atoms with Gasteiger partial charge in [-0.1, -0.05) is 53.5 Å². The number of anilines is 4. The fourth-order valence-corrected chi connectivity index (χ4v) is 10.3. The fourth-order valence-electron chi connectivity index (χ4n) is 10.1. The highest BCUT2D eigenvalue weighted by molar-refractivity contribution is 6.31. The number of nitrogens with zero attached hydrogens (tertiary/aromatic N) is 4. The molecule has 2 aliphatic carbocycles. The molecule has 0 unspecified atom stereocenters. The SMILES string of the molecule is Cc1cc(NC2CCC(OCC(=O)N3CCN(c4ccc(Cl)cc4)CC3)CC2)ccc1Cl.Cc1cc(NC2CCC(OCC(=O)N3CCN(c4ccc(OCc5ccccc5)cc4)CC3)CC2)ccc1OC(F)(F)F. The second-order valence-corrected chi connectivity index (χ2v) is 20.7. The van der Waals surface area contributed by atoms with E-state index in [-0.39, 0.29) is 49.0 Å². The minimum Gasteiger partial charge on any atom is -0.489 e. The van der Waals surface area contributed by atoms with Gasteiger partial charge in [-0.25, -0.2) is 0 Å². The monoisotopic (exact) mass is 1070 g/mol. The highest BCUT2D eigenvalue weighted by Crippen LogP contribution is 2.31. The van der Waals surface area contributed by atoms with Crippen LogP contribution in [0.25, 0.3) is 0 Å². The van der Waals surface area contributed by atoms with E-state index in [2.05, 4.69) is 43.4 Å². The number of alkyl halides is 3. The summed E-state index contributed by atoms with van der Waals surface area (Å²) in [4.78, 5) is 33.8. The maximum atomic E-state index is 12.8. The predicted octanol–water partition coefficient (Wildman–Crippen LogP) is 12.0. The van der Waals surface area contributed by atoms with E-state index in [4.69, 9.17) is 37.4 Å². The molecule has 17 heteroatoms. The number of nitrogens with one attached hydrogen (secondary N) is 2. The Hall–Kier alpha value is -5.87. The Bertz CT molecular complexity index is 2580. The van der Waals surface area contributed by atoms with E-state index in [1.807, 2.05) is 95.6 Å². The largest absolute Gasteiger partial charge is 0.573 e. The number of rotatable bonds is 16. The summed E-state index contributed by atoms with van der Waals surface area (Å²) in [5.41, 5.74) is 6.77. The van der Waals surface area contributed by atoms with E-state index in [1.165, 1.54) is 6.07 Å². The summed E-state index contributed by atoms with van der Waals surface area (Å²) in [5.74, 6) is 0.742. The minimum absolute atomic E-state index is 0.0150. The van der Waals surface area contributed by atoms with Crippen molar-refractivity contribution >= 4 is 57.8 Å². The lowest BCUT2D eigenvalue weighted by Gasteiger charge is -2.36. The van der Waals surface area contributed by atoms with Crippen LogP contribution in [0.4, 0.5) is 35.9 Å². The first kappa shape index (κ1) is 55.4. The number of carbonyl (C=O) groups excluding carboxylic acids is 2. The van der Waals surface area contributed by atoms with Gasteiger partial charge in [0.15, 0.2) is 0 Å². The molecular weight excluding hydrogens is 1000 g/mol. The van der Waals surface area contributed by atoms with E-state index in [0.29, 0.717) is 31.3 Å². The first-order valence-corrected chi connectivity index (χ1v) is 26.9. The summed E-state index contributed by atoms with van der Waals surface area (Å²) < 4.78 is 59.5. The second kappa shape index (κ2) is 26.8. The van der Waals surface area contributed by atoms with Gasteiger partial charge in [0.05, 0.1) is 12.2 Å². The standard InChI is InChI=1S/C33H38F3N3O4.C25H31Cl2N3O2/c1-24-21-27(9-16-31(24)43-33(34,35)36)37-26-7-12-29(13-8-26)42-23-32(40)39-19-17-38(18-20-39)28-10-14-30(15-11-28)41-22-25-5-3-2-4-6-25;1-18-16-21(6-11-24(18)27)28-20-4-9-23(10-5-20)32-17-25(31)30-14-12-29(13-15-30)22-7-2-19(26)3-8-22/h2-6,9-11,14-16,21,26,29,37H,7-8,12-13,17-20,22-23H2,1H3;2-3,6-8,11,16,20,23,28H,4-5,9-10,12-15,17H2,1H3. The molecule has 2 saturated heterocycles. The van der Waals surface area contributed by atoms with Crippen molar-refractivity contribution in [2.24, 2.45) is 0 Å². The number of halogens is 5. The molecule has 0 spiro atoms. The van der Waals surface area contributed by atoms with Crippen molar-refractivity contribution < 1.29 is 41.7 Å².